The minimum atomic E-state index is 0.0382. The van der Waals surface area contributed by atoms with Gasteiger partial charge in [-0.3, -0.25) is 4.79 Å². The average Bonchev–Trinajstić information content (AvgIpc) is 2.74. The molecule has 1 nitrogen and oxygen atoms in total. The summed E-state index contributed by atoms with van der Waals surface area (Å²) >= 11 is 7.39. The summed E-state index contributed by atoms with van der Waals surface area (Å²) in [5.74, 6) is 0.0382. The summed E-state index contributed by atoms with van der Waals surface area (Å²) in [7, 11) is 0. The lowest BCUT2D eigenvalue weighted by Crippen LogP contribution is -2.01. The highest BCUT2D eigenvalue weighted by molar-refractivity contribution is 7.08. The Bertz CT molecular complexity index is 488. The van der Waals surface area contributed by atoms with Crippen LogP contribution in [-0.2, 0) is 0 Å². The molecule has 2 aromatic rings. The van der Waals surface area contributed by atoms with E-state index in [0.717, 1.165) is 11.1 Å². The maximum atomic E-state index is 12.0. The Kier molecular flexibility index (Phi) is 2.89. The van der Waals surface area contributed by atoms with Crippen LogP contribution in [0.15, 0.2) is 35.0 Å². The Balaban J connectivity index is 2.46. The van der Waals surface area contributed by atoms with Crippen molar-refractivity contribution in [1.82, 2.24) is 0 Å². The number of ketones is 1. The number of thiophene rings is 1. The molecule has 1 heterocycles. The summed E-state index contributed by atoms with van der Waals surface area (Å²) in [6.45, 7) is 1.91. The first kappa shape index (κ1) is 10.4. The van der Waals surface area contributed by atoms with E-state index in [4.69, 9.17) is 11.6 Å². The third kappa shape index (κ3) is 2.11. The maximum absolute atomic E-state index is 12.0. The van der Waals surface area contributed by atoms with Crippen LogP contribution in [0.5, 0.6) is 0 Å². The van der Waals surface area contributed by atoms with E-state index in [2.05, 4.69) is 0 Å². The minimum absolute atomic E-state index is 0.0382. The molecule has 15 heavy (non-hydrogen) atoms. The van der Waals surface area contributed by atoms with Crippen molar-refractivity contribution in [1.29, 1.82) is 0 Å². The van der Waals surface area contributed by atoms with Crippen LogP contribution in [0.3, 0.4) is 0 Å². The first-order valence-electron chi connectivity index (χ1n) is 4.51. The molecule has 2 rings (SSSR count). The van der Waals surface area contributed by atoms with E-state index in [1.54, 1.807) is 12.1 Å². The number of halogens is 1. The van der Waals surface area contributed by atoms with Crippen molar-refractivity contribution < 1.29 is 4.79 Å². The van der Waals surface area contributed by atoms with Gasteiger partial charge in [0.25, 0.3) is 0 Å². The van der Waals surface area contributed by atoms with E-state index < -0.39 is 0 Å². The third-order valence-electron chi connectivity index (χ3n) is 2.23. The Morgan fingerprint density at radius 3 is 2.80 bits per heavy atom. The maximum Gasteiger partial charge on any atom is 0.194 e. The minimum Gasteiger partial charge on any atom is -0.289 e. The van der Waals surface area contributed by atoms with Gasteiger partial charge < -0.3 is 0 Å². The number of carbonyl (C=O) groups is 1. The smallest absolute Gasteiger partial charge is 0.194 e. The molecule has 76 valence electrons. The second-order valence-electron chi connectivity index (χ2n) is 3.30. The lowest BCUT2D eigenvalue weighted by atomic mass is 10.0. The molecule has 3 heteroatoms. The van der Waals surface area contributed by atoms with Gasteiger partial charge in [-0.05, 0) is 36.1 Å². The predicted molar refractivity (Wildman–Crippen MR) is 63.9 cm³/mol. The molecule has 0 amide bonds. The fourth-order valence-corrected chi connectivity index (χ4v) is 2.20. The summed E-state index contributed by atoms with van der Waals surface area (Å²) in [5, 5.41) is 4.34. The number of hydrogen-bond acceptors (Lipinski definition) is 2. The van der Waals surface area contributed by atoms with Gasteiger partial charge in [0.1, 0.15) is 0 Å². The van der Waals surface area contributed by atoms with E-state index in [-0.39, 0.29) is 5.78 Å². The zero-order chi connectivity index (χ0) is 10.8. The van der Waals surface area contributed by atoms with Crippen molar-refractivity contribution in [3.05, 3.63) is 56.7 Å². The molecule has 0 aliphatic heterocycles. The van der Waals surface area contributed by atoms with Gasteiger partial charge in [-0.2, -0.15) is 11.3 Å². The Morgan fingerprint density at radius 2 is 2.13 bits per heavy atom. The molecule has 0 aliphatic carbocycles. The van der Waals surface area contributed by atoms with E-state index in [1.165, 1.54) is 11.3 Å². The molecule has 0 unspecified atom stereocenters. The van der Waals surface area contributed by atoms with Crippen molar-refractivity contribution in [2.75, 3.05) is 0 Å². The monoisotopic (exact) mass is 236 g/mol. The van der Waals surface area contributed by atoms with Crippen LogP contribution >= 0.6 is 22.9 Å². The van der Waals surface area contributed by atoms with Crippen LogP contribution < -0.4 is 0 Å². The summed E-state index contributed by atoms with van der Waals surface area (Å²) in [5.41, 5.74) is 2.36. The number of benzene rings is 1. The lowest BCUT2D eigenvalue weighted by molar-refractivity contribution is 0.103. The van der Waals surface area contributed by atoms with E-state index in [9.17, 15) is 4.79 Å². The lowest BCUT2D eigenvalue weighted by Gasteiger charge is -2.03. The molecular weight excluding hydrogens is 228 g/mol. The third-order valence-corrected chi connectivity index (χ3v) is 3.15. The fourth-order valence-electron chi connectivity index (χ4n) is 1.39. The van der Waals surface area contributed by atoms with Crippen molar-refractivity contribution in [2.24, 2.45) is 0 Å². The number of aryl methyl sites for hydroxylation is 1. The predicted octanol–water partition coefficient (Wildman–Crippen LogP) is 3.94. The van der Waals surface area contributed by atoms with Crippen LogP contribution in [0.25, 0.3) is 0 Å². The second-order valence-corrected chi connectivity index (χ2v) is 4.52. The van der Waals surface area contributed by atoms with Crippen molar-refractivity contribution in [3.8, 4) is 0 Å². The van der Waals surface area contributed by atoms with Gasteiger partial charge in [-0.15, -0.1) is 0 Å². The average molecular weight is 237 g/mol. The first-order valence-corrected chi connectivity index (χ1v) is 5.83. The Labute approximate surface area is 97.3 Å². The van der Waals surface area contributed by atoms with Gasteiger partial charge in [0, 0.05) is 21.5 Å². The molecule has 0 fully saturated rings. The topological polar surface area (TPSA) is 17.1 Å². The molecular formula is C12H9ClOS. The van der Waals surface area contributed by atoms with Crippen LogP contribution in [0.2, 0.25) is 5.02 Å². The van der Waals surface area contributed by atoms with Crippen molar-refractivity contribution >= 4 is 28.7 Å². The summed E-state index contributed by atoms with van der Waals surface area (Å²) in [6, 6.07) is 7.20. The van der Waals surface area contributed by atoms with E-state index in [0.29, 0.717) is 10.6 Å². The van der Waals surface area contributed by atoms with Gasteiger partial charge in [-0.1, -0.05) is 17.7 Å². The van der Waals surface area contributed by atoms with Gasteiger partial charge >= 0.3 is 0 Å². The quantitative estimate of drug-likeness (QED) is 0.722. The molecule has 0 spiro atoms. The highest BCUT2D eigenvalue weighted by Crippen LogP contribution is 2.19. The standard InChI is InChI=1S/C12H9ClOS/c1-8-2-3-10(13)6-11(8)12(14)9-4-5-15-7-9/h2-7H,1H3. The van der Waals surface area contributed by atoms with Crippen LogP contribution in [0, 0.1) is 6.92 Å². The van der Waals surface area contributed by atoms with Crippen molar-refractivity contribution in [2.45, 2.75) is 6.92 Å². The van der Waals surface area contributed by atoms with Crippen molar-refractivity contribution in [3.63, 3.8) is 0 Å². The van der Waals surface area contributed by atoms with Gasteiger partial charge in [-0.25, -0.2) is 0 Å². The highest BCUT2D eigenvalue weighted by Gasteiger charge is 2.12. The zero-order valence-corrected chi connectivity index (χ0v) is 9.73. The molecule has 0 bridgehead atoms. The van der Waals surface area contributed by atoms with E-state index in [1.807, 2.05) is 29.8 Å². The van der Waals surface area contributed by atoms with Gasteiger partial charge in [0.15, 0.2) is 5.78 Å². The summed E-state index contributed by atoms with van der Waals surface area (Å²) < 4.78 is 0. The number of hydrogen-bond donors (Lipinski definition) is 0. The summed E-state index contributed by atoms with van der Waals surface area (Å²) in [6.07, 6.45) is 0. The largest absolute Gasteiger partial charge is 0.289 e. The number of rotatable bonds is 2. The molecule has 0 atom stereocenters. The van der Waals surface area contributed by atoms with Gasteiger partial charge in [0.2, 0.25) is 0 Å². The molecule has 0 N–H and O–H groups in total. The summed E-state index contributed by atoms with van der Waals surface area (Å²) in [4.78, 5) is 12.0. The van der Waals surface area contributed by atoms with Crippen LogP contribution in [-0.4, -0.2) is 5.78 Å². The normalized spacial score (nSPS) is 10.3. The second kappa shape index (κ2) is 4.17. The zero-order valence-electron chi connectivity index (χ0n) is 8.16. The van der Waals surface area contributed by atoms with Crippen LogP contribution in [0.4, 0.5) is 0 Å². The molecule has 0 saturated carbocycles. The fraction of sp³-hybridized carbons (Fsp3) is 0.0833. The van der Waals surface area contributed by atoms with Crippen LogP contribution in [0.1, 0.15) is 21.5 Å². The molecule has 1 aromatic carbocycles. The Morgan fingerprint density at radius 1 is 1.33 bits per heavy atom. The molecule has 0 saturated heterocycles. The molecule has 0 radical (unpaired) electrons. The Hall–Kier alpha value is -1.12. The molecule has 0 aliphatic rings. The SMILES string of the molecule is Cc1ccc(Cl)cc1C(=O)c1ccsc1. The molecule has 1 aromatic heterocycles. The highest BCUT2D eigenvalue weighted by atomic mass is 35.5. The van der Waals surface area contributed by atoms with Gasteiger partial charge in [0.05, 0.1) is 0 Å². The first-order chi connectivity index (χ1) is 7.18. The number of carbonyl (C=O) groups excluding carboxylic acids is 1. The van der Waals surface area contributed by atoms with E-state index >= 15 is 0 Å².